The Bertz CT molecular complexity index is 1290. The lowest BCUT2D eigenvalue weighted by atomic mass is 9.63. The number of anilines is 1. The highest BCUT2D eigenvalue weighted by atomic mass is 16.3. The van der Waals surface area contributed by atoms with E-state index in [1.165, 1.54) is 10.9 Å². The third-order valence-corrected chi connectivity index (χ3v) is 7.24. The Morgan fingerprint density at radius 1 is 1.16 bits per heavy atom. The molecular formula is C26H32N9O2+. The summed E-state index contributed by atoms with van der Waals surface area (Å²) in [5.74, 6) is 0.276. The maximum Gasteiger partial charge on any atom is 0.369 e. The Kier molecular flexibility index (Phi) is 6.95. The lowest BCUT2D eigenvalue weighted by Crippen LogP contribution is -2.43. The molecule has 2 aliphatic rings. The third-order valence-electron chi connectivity index (χ3n) is 7.24. The van der Waals surface area contributed by atoms with E-state index in [2.05, 4.69) is 30.7 Å². The van der Waals surface area contributed by atoms with E-state index in [-0.39, 0.29) is 36.2 Å². The molecule has 2 fully saturated rings. The summed E-state index contributed by atoms with van der Waals surface area (Å²) >= 11 is 0. The first kappa shape index (κ1) is 24.6. The number of aliphatic imine (C=N–C) groups is 1. The molecule has 1 aliphatic heterocycles. The quantitative estimate of drug-likeness (QED) is 0.216. The van der Waals surface area contributed by atoms with Crippen LogP contribution in [0.5, 0.6) is 0 Å². The second kappa shape index (κ2) is 10.5. The first-order chi connectivity index (χ1) is 17.9. The fraction of sp³-hybridized carbons (Fsp3) is 0.385. The molecule has 0 atom stereocenters. The average molecular weight is 503 g/mol. The van der Waals surface area contributed by atoms with E-state index in [0.717, 1.165) is 61.9 Å². The van der Waals surface area contributed by atoms with Gasteiger partial charge in [0.2, 0.25) is 11.9 Å². The highest BCUT2D eigenvalue weighted by molar-refractivity contribution is 6.04. The number of carbonyl (C=O) groups is 1. The van der Waals surface area contributed by atoms with Crippen molar-refractivity contribution in [2.45, 2.75) is 50.1 Å². The summed E-state index contributed by atoms with van der Waals surface area (Å²) in [5.41, 5.74) is 8.39. The Hall–Kier alpha value is -4.12. The summed E-state index contributed by atoms with van der Waals surface area (Å²) in [7, 11) is 0. The van der Waals surface area contributed by atoms with Gasteiger partial charge in [-0.2, -0.15) is 5.10 Å². The van der Waals surface area contributed by atoms with E-state index in [0.29, 0.717) is 5.56 Å². The van der Waals surface area contributed by atoms with Gasteiger partial charge >= 0.3 is 5.90 Å². The summed E-state index contributed by atoms with van der Waals surface area (Å²) in [4.78, 5) is 24.9. The van der Waals surface area contributed by atoms with Gasteiger partial charge < -0.3 is 21.5 Å². The van der Waals surface area contributed by atoms with Crippen LogP contribution in [0.1, 0.15) is 43.2 Å². The molecule has 3 aromatic rings. The summed E-state index contributed by atoms with van der Waals surface area (Å²) in [6, 6.07) is 8.18. The Balaban J connectivity index is 1.25. The van der Waals surface area contributed by atoms with Crippen LogP contribution in [0, 0.1) is 5.41 Å². The number of amides is 1. The number of hydrogen-bond acceptors (Lipinski definition) is 7. The third kappa shape index (κ3) is 5.36. The van der Waals surface area contributed by atoms with Crippen LogP contribution < -0.4 is 16.4 Å². The van der Waals surface area contributed by atoms with E-state index in [4.69, 9.17) is 16.2 Å². The maximum absolute atomic E-state index is 12.4. The zero-order valence-electron chi connectivity index (χ0n) is 20.6. The van der Waals surface area contributed by atoms with Gasteiger partial charge in [0.1, 0.15) is 17.9 Å². The minimum Gasteiger partial charge on any atom is -0.578 e. The van der Waals surface area contributed by atoms with E-state index in [9.17, 15) is 4.79 Å². The lowest BCUT2D eigenvalue weighted by molar-refractivity contribution is -0.122. The topological polar surface area (TPSA) is 170 Å². The Labute approximate surface area is 214 Å². The molecule has 1 aromatic carbocycles. The van der Waals surface area contributed by atoms with Crippen LogP contribution in [0.15, 0.2) is 54.0 Å². The Morgan fingerprint density at radius 2 is 1.86 bits per heavy atom. The minimum absolute atomic E-state index is 0.0306. The molecule has 1 amide bonds. The number of amidine groups is 1. The van der Waals surface area contributed by atoms with Gasteiger partial charge in [-0.1, -0.05) is 30.7 Å². The number of nitrogen functional groups attached to an aromatic ring is 1. The maximum atomic E-state index is 12.4. The van der Waals surface area contributed by atoms with Gasteiger partial charge in [0, 0.05) is 30.2 Å². The number of nitrogens with zero attached hydrogens (tertiary/aromatic N) is 5. The predicted molar refractivity (Wildman–Crippen MR) is 142 cm³/mol. The summed E-state index contributed by atoms with van der Waals surface area (Å²) in [5, 5.41) is 27.8. The van der Waals surface area contributed by atoms with Crippen LogP contribution in [-0.4, -0.2) is 61.6 Å². The summed E-state index contributed by atoms with van der Waals surface area (Å²) in [6.45, 7) is 1.90. The number of nitrogens with two attached hydrogens (primary N) is 1. The minimum atomic E-state index is -0.507. The molecule has 11 nitrogen and oxygen atoms in total. The van der Waals surface area contributed by atoms with Crippen molar-refractivity contribution in [3.8, 4) is 11.1 Å². The molecule has 1 saturated heterocycles. The molecule has 37 heavy (non-hydrogen) atoms. The van der Waals surface area contributed by atoms with Crippen molar-refractivity contribution in [3.05, 3.63) is 60.2 Å². The normalized spacial score (nSPS) is 17.7. The molecule has 0 spiro atoms. The van der Waals surface area contributed by atoms with Gasteiger partial charge in [0.15, 0.2) is 0 Å². The average Bonchev–Trinajstić information content (AvgIpc) is 3.33. The molecule has 3 heterocycles. The second-order valence-corrected chi connectivity index (χ2v) is 9.67. The lowest BCUT2D eigenvalue weighted by Gasteiger charge is -2.41. The fourth-order valence-electron chi connectivity index (χ4n) is 4.90. The summed E-state index contributed by atoms with van der Waals surface area (Å²) in [6.07, 6.45) is 11.0. The van der Waals surface area contributed by atoms with Crippen molar-refractivity contribution in [2.75, 3.05) is 18.8 Å². The molecule has 2 aromatic heterocycles. The standard InChI is InChI=1S/C26H31N9O2/c27-24(26(8-1-9-26)20-4-2-17(3-5-20)18-12-30-25(28)31-13-18)34-23(37)19-14-32-35(15-19)16-22(36)33-21-6-10-29-11-7-21/h2-5,12-15,21,29H,1,6-11,16H2,(H,33,36)(H2,27,34,37)(H2,28,30,31)/p+1. The van der Waals surface area contributed by atoms with Crippen molar-refractivity contribution < 1.29 is 9.90 Å². The van der Waals surface area contributed by atoms with Gasteiger partial charge in [-0.25, -0.2) is 9.97 Å². The van der Waals surface area contributed by atoms with E-state index >= 15 is 0 Å². The smallest absolute Gasteiger partial charge is 0.369 e. The van der Waals surface area contributed by atoms with Crippen molar-refractivity contribution in [1.29, 1.82) is 5.41 Å². The second-order valence-electron chi connectivity index (χ2n) is 9.67. The number of piperidine rings is 1. The zero-order chi connectivity index (χ0) is 25.8. The van der Waals surface area contributed by atoms with E-state index < -0.39 is 5.41 Å². The van der Waals surface area contributed by atoms with Crippen molar-refractivity contribution in [1.82, 2.24) is 30.4 Å². The van der Waals surface area contributed by atoms with E-state index in [1.54, 1.807) is 18.6 Å². The highest BCUT2D eigenvalue weighted by Gasteiger charge is 2.43. The van der Waals surface area contributed by atoms with Gasteiger partial charge in [-0.15, -0.1) is 4.99 Å². The van der Waals surface area contributed by atoms with Gasteiger partial charge in [0.05, 0.1) is 11.6 Å². The molecule has 5 rings (SSSR count). The van der Waals surface area contributed by atoms with Crippen molar-refractivity contribution >= 4 is 23.6 Å². The van der Waals surface area contributed by atoms with Crippen LogP contribution in [0.3, 0.4) is 0 Å². The molecule has 192 valence electrons. The monoisotopic (exact) mass is 502 g/mol. The number of benzene rings is 1. The highest BCUT2D eigenvalue weighted by Crippen LogP contribution is 2.45. The molecule has 0 unspecified atom stereocenters. The van der Waals surface area contributed by atoms with Gasteiger partial charge in [-0.05, 0) is 49.9 Å². The molecule has 0 bridgehead atoms. The van der Waals surface area contributed by atoms with Crippen LogP contribution in [0.4, 0.5) is 5.95 Å². The largest absolute Gasteiger partial charge is 0.578 e. The predicted octanol–water partition coefficient (Wildman–Crippen LogP) is 1.36. The molecule has 7 N–H and O–H groups in total. The van der Waals surface area contributed by atoms with Crippen LogP contribution in [0.25, 0.3) is 11.1 Å². The van der Waals surface area contributed by atoms with Crippen molar-refractivity contribution in [2.24, 2.45) is 4.99 Å². The zero-order valence-corrected chi connectivity index (χ0v) is 20.6. The number of aromatic nitrogens is 4. The van der Waals surface area contributed by atoms with Gasteiger partial charge in [0.25, 0.3) is 0 Å². The van der Waals surface area contributed by atoms with E-state index in [1.807, 2.05) is 24.3 Å². The molecule has 0 radical (unpaired) electrons. The van der Waals surface area contributed by atoms with Crippen molar-refractivity contribution in [3.63, 3.8) is 0 Å². The fourth-order valence-corrected chi connectivity index (χ4v) is 4.90. The van der Waals surface area contributed by atoms with Crippen LogP contribution in [0.2, 0.25) is 0 Å². The number of hydrogen-bond donors (Lipinski definition) is 4. The number of carbonyl (C=O) groups excluding carboxylic acids is 1. The molecule has 11 heteroatoms. The van der Waals surface area contributed by atoms with Gasteiger partial charge in [-0.3, -0.25) is 14.9 Å². The van der Waals surface area contributed by atoms with Crippen LogP contribution in [-0.2, 0) is 16.8 Å². The van der Waals surface area contributed by atoms with Crippen LogP contribution >= 0.6 is 0 Å². The first-order valence-corrected chi connectivity index (χ1v) is 12.5. The molecule has 1 aliphatic carbocycles. The SMILES string of the molecule is N=C(N=C([OH2+])c1cnn(CC(=O)NC2CCNCC2)c1)C1(c2ccc(-c3cnc(N)nc3)cc2)CCC1. The molecule has 1 saturated carbocycles. The summed E-state index contributed by atoms with van der Waals surface area (Å²) < 4.78 is 1.51. The first-order valence-electron chi connectivity index (χ1n) is 12.5. The number of rotatable bonds is 7. The molecular weight excluding hydrogens is 470 g/mol. The number of nitrogens with one attached hydrogen (secondary N) is 3. The Morgan fingerprint density at radius 3 is 2.51 bits per heavy atom.